The van der Waals surface area contributed by atoms with E-state index in [0.29, 0.717) is 24.6 Å². The number of carbonyl (C=O) groups is 1. The Balaban J connectivity index is 1.81. The Morgan fingerprint density at radius 1 is 1.17 bits per heavy atom. The smallest absolute Gasteiger partial charge is 0.290 e. The van der Waals surface area contributed by atoms with Gasteiger partial charge in [-0.1, -0.05) is 23.7 Å². The molecule has 0 fully saturated rings. The van der Waals surface area contributed by atoms with Crippen LogP contribution >= 0.6 is 11.6 Å². The topological polar surface area (TPSA) is 59.8 Å². The number of hydrogen-bond acceptors (Lipinski definition) is 4. The Morgan fingerprint density at radius 3 is 2.60 bits per heavy atom. The molecule has 1 amide bonds. The van der Waals surface area contributed by atoms with Crippen LogP contribution in [0.2, 0.25) is 5.02 Å². The second-order valence-electron chi connectivity index (χ2n) is 7.54. The fraction of sp³-hybridized carbons (Fsp3) is 0.304. The van der Waals surface area contributed by atoms with E-state index in [4.69, 9.17) is 20.8 Å². The van der Waals surface area contributed by atoms with E-state index in [9.17, 15) is 14.0 Å². The third-order valence-corrected chi connectivity index (χ3v) is 5.36. The van der Waals surface area contributed by atoms with Crippen molar-refractivity contribution in [1.29, 1.82) is 0 Å². The summed E-state index contributed by atoms with van der Waals surface area (Å²) >= 11 is 6.02. The maximum absolute atomic E-state index is 13.8. The standard InChI is InChI=1S/C23H21ClFNO4/c1-13(2)29-11-3-10-26-20(14-4-6-15(24)7-5-14)19-21(27)17-12-16(25)8-9-18(17)30-22(19)23(26)28/h4-9,12-13,20H,3,10-11H2,1-2H3. The highest BCUT2D eigenvalue weighted by Crippen LogP contribution is 2.38. The molecule has 5 nitrogen and oxygen atoms in total. The molecule has 0 bridgehead atoms. The quantitative estimate of drug-likeness (QED) is 0.520. The first-order valence-electron chi connectivity index (χ1n) is 9.81. The van der Waals surface area contributed by atoms with Crippen LogP contribution in [-0.4, -0.2) is 30.1 Å². The van der Waals surface area contributed by atoms with Gasteiger partial charge in [-0.05, 0) is 56.2 Å². The minimum absolute atomic E-state index is 0.00355. The highest BCUT2D eigenvalue weighted by atomic mass is 35.5. The van der Waals surface area contributed by atoms with Crippen molar-refractivity contribution in [2.24, 2.45) is 0 Å². The summed E-state index contributed by atoms with van der Waals surface area (Å²) in [6.45, 7) is 4.76. The van der Waals surface area contributed by atoms with Crippen molar-refractivity contribution in [3.63, 3.8) is 0 Å². The predicted octanol–water partition coefficient (Wildman–Crippen LogP) is 4.95. The second-order valence-corrected chi connectivity index (χ2v) is 7.98. The van der Waals surface area contributed by atoms with Crippen molar-refractivity contribution >= 4 is 28.5 Å². The van der Waals surface area contributed by atoms with Gasteiger partial charge >= 0.3 is 0 Å². The van der Waals surface area contributed by atoms with Crippen LogP contribution in [0.5, 0.6) is 0 Å². The molecular formula is C23H21ClFNO4. The van der Waals surface area contributed by atoms with Gasteiger partial charge in [0.1, 0.15) is 11.4 Å². The number of rotatable bonds is 6. The largest absolute Gasteiger partial charge is 0.450 e. The summed E-state index contributed by atoms with van der Waals surface area (Å²) in [5.74, 6) is -0.897. The van der Waals surface area contributed by atoms with Crippen molar-refractivity contribution in [1.82, 2.24) is 4.90 Å². The molecule has 0 aliphatic carbocycles. The third-order valence-electron chi connectivity index (χ3n) is 5.11. The molecule has 156 valence electrons. The molecule has 3 aromatic rings. The Morgan fingerprint density at radius 2 is 1.90 bits per heavy atom. The van der Waals surface area contributed by atoms with Gasteiger partial charge in [0.2, 0.25) is 5.76 Å². The zero-order valence-electron chi connectivity index (χ0n) is 16.7. The van der Waals surface area contributed by atoms with Crippen molar-refractivity contribution in [2.75, 3.05) is 13.2 Å². The summed E-state index contributed by atoms with van der Waals surface area (Å²) in [7, 11) is 0. The van der Waals surface area contributed by atoms with Crippen LogP contribution in [0.25, 0.3) is 11.0 Å². The Kier molecular flexibility index (Phi) is 5.62. The number of benzene rings is 2. The molecule has 7 heteroatoms. The molecule has 30 heavy (non-hydrogen) atoms. The summed E-state index contributed by atoms with van der Waals surface area (Å²) in [5.41, 5.74) is 0.748. The molecule has 0 N–H and O–H groups in total. The van der Waals surface area contributed by atoms with E-state index in [1.807, 2.05) is 13.8 Å². The number of hydrogen-bond donors (Lipinski definition) is 0. The van der Waals surface area contributed by atoms with Gasteiger partial charge < -0.3 is 14.1 Å². The molecule has 4 rings (SSSR count). The first-order chi connectivity index (χ1) is 14.4. The minimum Gasteiger partial charge on any atom is -0.450 e. The van der Waals surface area contributed by atoms with Gasteiger partial charge in [0.05, 0.1) is 23.1 Å². The average Bonchev–Trinajstić information content (AvgIpc) is 2.99. The van der Waals surface area contributed by atoms with Gasteiger partial charge in [-0.3, -0.25) is 9.59 Å². The zero-order chi connectivity index (χ0) is 21.4. The molecule has 1 aromatic heterocycles. The number of ether oxygens (including phenoxy) is 1. The first-order valence-corrected chi connectivity index (χ1v) is 10.2. The molecule has 1 unspecified atom stereocenters. The van der Waals surface area contributed by atoms with Crippen LogP contribution in [0.3, 0.4) is 0 Å². The molecule has 0 spiro atoms. The molecule has 0 saturated heterocycles. The van der Waals surface area contributed by atoms with Gasteiger partial charge in [-0.25, -0.2) is 4.39 Å². The number of nitrogens with zero attached hydrogens (tertiary/aromatic N) is 1. The Bertz CT molecular complexity index is 1160. The van der Waals surface area contributed by atoms with Crippen molar-refractivity contribution in [2.45, 2.75) is 32.4 Å². The van der Waals surface area contributed by atoms with Gasteiger partial charge in [0.25, 0.3) is 5.91 Å². The number of carbonyl (C=O) groups excluding carboxylic acids is 1. The van der Waals surface area contributed by atoms with E-state index in [2.05, 4.69) is 0 Å². The van der Waals surface area contributed by atoms with E-state index in [1.165, 1.54) is 12.1 Å². The van der Waals surface area contributed by atoms with Gasteiger partial charge in [-0.2, -0.15) is 0 Å². The number of amides is 1. The van der Waals surface area contributed by atoms with Crippen LogP contribution in [0.1, 0.15) is 48.0 Å². The predicted molar refractivity (Wildman–Crippen MR) is 112 cm³/mol. The lowest BCUT2D eigenvalue weighted by Gasteiger charge is -2.25. The number of fused-ring (bicyclic) bond motifs is 2. The van der Waals surface area contributed by atoms with E-state index in [0.717, 1.165) is 11.6 Å². The molecule has 1 atom stereocenters. The first kappa shape index (κ1) is 20.6. The molecule has 1 aliphatic heterocycles. The average molecular weight is 430 g/mol. The van der Waals surface area contributed by atoms with E-state index >= 15 is 0 Å². The van der Waals surface area contributed by atoms with Crippen LogP contribution < -0.4 is 5.43 Å². The summed E-state index contributed by atoms with van der Waals surface area (Å²) in [4.78, 5) is 28.1. The SMILES string of the molecule is CC(C)OCCCN1C(=O)c2oc3ccc(F)cc3c(=O)c2C1c1ccc(Cl)cc1. The number of halogens is 2. The fourth-order valence-electron chi connectivity index (χ4n) is 3.77. The second kappa shape index (κ2) is 8.20. The summed E-state index contributed by atoms with van der Waals surface area (Å²) in [6.07, 6.45) is 0.691. The highest BCUT2D eigenvalue weighted by Gasteiger charge is 2.42. The molecule has 2 heterocycles. The van der Waals surface area contributed by atoms with Gasteiger partial charge in [0.15, 0.2) is 5.43 Å². The molecule has 1 aliphatic rings. The summed E-state index contributed by atoms with van der Waals surface area (Å²) in [6, 6.07) is 10.1. The Hall–Kier alpha value is -2.70. The zero-order valence-corrected chi connectivity index (χ0v) is 17.4. The maximum atomic E-state index is 13.8. The van der Waals surface area contributed by atoms with Crippen LogP contribution in [0.4, 0.5) is 4.39 Å². The van der Waals surface area contributed by atoms with E-state index in [1.54, 1.807) is 29.2 Å². The monoisotopic (exact) mass is 429 g/mol. The van der Waals surface area contributed by atoms with Crippen molar-refractivity contribution in [3.8, 4) is 0 Å². The van der Waals surface area contributed by atoms with Gasteiger partial charge in [0, 0.05) is 18.2 Å². The molecular weight excluding hydrogens is 409 g/mol. The molecule has 2 aromatic carbocycles. The fourth-order valence-corrected chi connectivity index (χ4v) is 3.89. The highest BCUT2D eigenvalue weighted by molar-refractivity contribution is 6.30. The van der Waals surface area contributed by atoms with Crippen LogP contribution in [-0.2, 0) is 4.74 Å². The molecule has 0 saturated carbocycles. The van der Waals surface area contributed by atoms with E-state index < -0.39 is 17.3 Å². The van der Waals surface area contributed by atoms with Crippen LogP contribution in [0.15, 0.2) is 51.7 Å². The summed E-state index contributed by atoms with van der Waals surface area (Å²) < 4.78 is 25.1. The lowest BCUT2D eigenvalue weighted by Crippen LogP contribution is -2.31. The minimum atomic E-state index is -0.632. The normalized spacial score (nSPS) is 16.0. The maximum Gasteiger partial charge on any atom is 0.290 e. The van der Waals surface area contributed by atoms with Gasteiger partial charge in [-0.15, -0.1) is 0 Å². The molecule has 0 radical (unpaired) electrons. The van der Waals surface area contributed by atoms with Crippen molar-refractivity contribution < 1.29 is 18.3 Å². The van der Waals surface area contributed by atoms with Crippen LogP contribution in [0, 0.1) is 5.82 Å². The van der Waals surface area contributed by atoms with E-state index in [-0.39, 0.29) is 34.3 Å². The third kappa shape index (κ3) is 3.73. The van der Waals surface area contributed by atoms with Crippen molar-refractivity contribution in [3.05, 3.63) is 80.4 Å². The summed E-state index contributed by atoms with van der Waals surface area (Å²) in [5, 5.41) is 0.665. The lowest BCUT2D eigenvalue weighted by molar-refractivity contribution is 0.0593. The Labute approximate surface area is 178 Å². The lowest BCUT2D eigenvalue weighted by atomic mass is 9.98.